The quantitative estimate of drug-likeness (QED) is 0.345. The largest absolute Gasteiger partial charge is 0.352 e. The molecule has 0 aromatic heterocycles. The van der Waals surface area contributed by atoms with E-state index in [0.717, 1.165) is 51.4 Å². The maximum Gasteiger partial charge on any atom is 0.291 e. The van der Waals surface area contributed by atoms with Crippen LogP contribution in [0.2, 0.25) is 0 Å². The van der Waals surface area contributed by atoms with E-state index in [2.05, 4.69) is 53.8 Å². The number of nitrogens with zero attached hydrogens (tertiary/aromatic N) is 1. The van der Waals surface area contributed by atoms with Gasteiger partial charge in [-0.25, -0.2) is 0 Å². The van der Waals surface area contributed by atoms with Gasteiger partial charge >= 0.3 is 0 Å². The number of amides is 2. The summed E-state index contributed by atoms with van der Waals surface area (Å²) in [5.41, 5.74) is 1.89. The minimum atomic E-state index is -0.715. The summed E-state index contributed by atoms with van der Waals surface area (Å²) in [7, 11) is 0. The average Bonchev–Trinajstić information content (AvgIpc) is 2.93. The van der Waals surface area contributed by atoms with Crippen LogP contribution in [0.3, 0.4) is 0 Å². The molecule has 37 heavy (non-hydrogen) atoms. The van der Waals surface area contributed by atoms with E-state index in [1.54, 1.807) is 4.90 Å². The number of hydrogen-bond donors (Lipinski definition) is 1. The molecule has 200 valence electrons. The van der Waals surface area contributed by atoms with Gasteiger partial charge in [0.25, 0.3) is 5.91 Å². The van der Waals surface area contributed by atoms with Crippen LogP contribution in [0.15, 0.2) is 60.7 Å². The summed E-state index contributed by atoms with van der Waals surface area (Å²) < 4.78 is 0. The van der Waals surface area contributed by atoms with E-state index < -0.39 is 23.1 Å². The van der Waals surface area contributed by atoms with Gasteiger partial charge in [-0.1, -0.05) is 81.4 Å². The van der Waals surface area contributed by atoms with Gasteiger partial charge in [-0.05, 0) is 75.3 Å². The first-order chi connectivity index (χ1) is 17.8. The van der Waals surface area contributed by atoms with Crippen LogP contribution < -0.4 is 5.32 Å². The van der Waals surface area contributed by atoms with E-state index in [0.29, 0.717) is 19.4 Å². The Morgan fingerprint density at radius 3 is 1.95 bits per heavy atom. The zero-order valence-electron chi connectivity index (χ0n) is 22.9. The summed E-state index contributed by atoms with van der Waals surface area (Å²) in [5, 5.41) is 3.29. The van der Waals surface area contributed by atoms with Gasteiger partial charge in [0, 0.05) is 18.0 Å². The smallest absolute Gasteiger partial charge is 0.291 e. The van der Waals surface area contributed by atoms with Gasteiger partial charge in [-0.15, -0.1) is 0 Å². The van der Waals surface area contributed by atoms with Crippen molar-refractivity contribution in [1.82, 2.24) is 10.2 Å². The molecule has 1 N–H and O–H groups in total. The highest BCUT2D eigenvalue weighted by Gasteiger charge is 2.40. The predicted molar refractivity (Wildman–Crippen MR) is 149 cm³/mol. The second-order valence-electron chi connectivity index (χ2n) is 11.0. The summed E-state index contributed by atoms with van der Waals surface area (Å²) in [6, 6.07) is 20.3. The molecule has 0 spiro atoms. The Balaban J connectivity index is 1.64. The van der Waals surface area contributed by atoms with E-state index in [-0.39, 0.29) is 11.9 Å². The van der Waals surface area contributed by atoms with Crippen LogP contribution in [-0.4, -0.2) is 41.1 Å². The number of carbonyl (C=O) groups excluding carboxylic acids is 3. The number of benzene rings is 2. The van der Waals surface area contributed by atoms with Crippen molar-refractivity contribution in [3.05, 3.63) is 71.8 Å². The molecular formula is C32H44N2O3. The van der Waals surface area contributed by atoms with Gasteiger partial charge in [0.15, 0.2) is 0 Å². The van der Waals surface area contributed by atoms with Crippen LogP contribution in [0.1, 0.15) is 83.3 Å². The number of carbonyl (C=O) groups is 3. The summed E-state index contributed by atoms with van der Waals surface area (Å²) in [5.74, 6) is -1.01. The lowest BCUT2D eigenvalue weighted by atomic mass is 9.84. The molecule has 1 heterocycles. The first-order valence-electron chi connectivity index (χ1n) is 14.1. The summed E-state index contributed by atoms with van der Waals surface area (Å²) in [6.45, 7) is 6.00. The molecule has 0 radical (unpaired) electrons. The summed E-state index contributed by atoms with van der Waals surface area (Å²) in [6.07, 6.45) is 8.60. The van der Waals surface area contributed by atoms with Gasteiger partial charge < -0.3 is 10.2 Å². The van der Waals surface area contributed by atoms with Crippen LogP contribution in [0, 0.1) is 5.41 Å². The highest BCUT2D eigenvalue weighted by molar-refractivity contribution is 6.38. The van der Waals surface area contributed by atoms with Crippen molar-refractivity contribution < 1.29 is 14.4 Å². The lowest BCUT2D eigenvalue weighted by Gasteiger charge is -2.36. The fourth-order valence-corrected chi connectivity index (χ4v) is 5.01. The van der Waals surface area contributed by atoms with Crippen LogP contribution in [0.5, 0.6) is 0 Å². The fourth-order valence-electron chi connectivity index (χ4n) is 5.01. The average molecular weight is 505 g/mol. The molecule has 5 nitrogen and oxygen atoms in total. The van der Waals surface area contributed by atoms with Crippen molar-refractivity contribution in [3.8, 4) is 0 Å². The van der Waals surface area contributed by atoms with E-state index in [4.69, 9.17) is 0 Å². The Hall–Kier alpha value is -2.95. The number of nitrogens with one attached hydrogen (secondary N) is 1. The topological polar surface area (TPSA) is 66.5 Å². The molecule has 3 rings (SSSR count). The molecule has 0 aliphatic carbocycles. The van der Waals surface area contributed by atoms with Gasteiger partial charge in [-0.3, -0.25) is 14.4 Å². The molecule has 1 aliphatic rings. The van der Waals surface area contributed by atoms with Gasteiger partial charge in [0.1, 0.15) is 6.04 Å². The van der Waals surface area contributed by atoms with Crippen molar-refractivity contribution in [3.63, 3.8) is 0 Å². The predicted octanol–water partition coefficient (Wildman–Crippen LogP) is 5.90. The van der Waals surface area contributed by atoms with Crippen LogP contribution in [0.4, 0.5) is 0 Å². The van der Waals surface area contributed by atoms with Gasteiger partial charge in [0.2, 0.25) is 11.7 Å². The number of hydrogen-bond acceptors (Lipinski definition) is 3. The maximum atomic E-state index is 13.5. The first kappa shape index (κ1) is 28.6. The number of aryl methyl sites for hydroxylation is 2. The highest BCUT2D eigenvalue weighted by Crippen LogP contribution is 2.25. The second-order valence-corrected chi connectivity index (χ2v) is 11.0. The standard InChI is InChI=1S/C32H44N2O3/c1-4-32(2,3)29(35)31(37)34-24-12-11-23-28(34)30(36)33-27(21-13-19-25-15-7-5-8-16-25)22-14-20-26-17-9-6-10-18-26/h5-10,15-18,27-28H,4,11-14,19-24H2,1-3H3,(H,33,36)/t28-/m0/s1. The molecule has 2 aromatic rings. The molecule has 0 saturated carbocycles. The Morgan fingerprint density at radius 1 is 0.892 bits per heavy atom. The van der Waals surface area contributed by atoms with Crippen molar-refractivity contribution in [2.75, 3.05) is 6.54 Å². The number of Topliss-reactive ketones (excluding diaryl/α,β-unsaturated/α-hetero) is 1. The van der Waals surface area contributed by atoms with Gasteiger partial charge in [-0.2, -0.15) is 0 Å². The molecule has 1 aliphatic heterocycles. The third kappa shape index (κ3) is 8.55. The van der Waals surface area contributed by atoms with E-state index in [1.807, 2.05) is 32.9 Å². The molecule has 2 amide bonds. The van der Waals surface area contributed by atoms with Crippen LogP contribution in [0.25, 0.3) is 0 Å². The Morgan fingerprint density at radius 2 is 1.43 bits per heavy atom. The van der Waals surface area contributed by atoms with E-state index in [1.165, 1.54) is 11.1 Å². The lowest BCUT2D eigenvalue weighted by molar-refractivity contribution is -0.154. The van der Waals surface area contributed by atoms with Crippen LogP contribution >= 0.6 is 0 Å². The monoisotopic (exact) mass is 504 g/mol. The van der Waals surface area contributed by atoms with Crippen molar-refractivity contribution in [2.45, 2.75) is 97.1 Å². The SMILES string of the molecule is CCC(C)(C)C(=O)C(=O)N1CCCC[C@H]1C(=O)NC(CCCc1ccccc1)CCCc1ccccc1. The molecule has 1 fully saturated rings. The normalized spacial score (nSPS) is 16.0. The third-order valence-corrected chi connectivity index (χ3v) is 7.83. The second kappa shape index (κ2) is 14.1. The zero-order valence-corrected chi connectivity index (χ0v) is 22.9. The summed E-state index contributed by atoms with van der Waals surface area (Å²) >= 11 is 0. The minimum Gasteiger partial charge on any atom is -0.352 e. The van der Waals surface area contributed by atoms with Crippen molar-refractivity contribution >= 4 is 17.6 Å². The van der Waals surface area contributed by atoms with Gasteiger partial charge in [0.05, 0.1) is 0 Å². The lowest BCUT2D eigenvalue weighted by Crippen LogP contribution is -2.56. The zero-order chi connectivity index (χ0) is 26.7. The molecule has 1 atom stereocenters. The van der Waals surface area contributed by atoms with Crippen molar-refractivity contribution in [1.29, 1.82) is 0 Å². The fraction of sp³-hybridized carbons (Fsp3) is 0.531. The molecule has 0 unspecified atom stereocenters. The maximum absolute atomic E-state index is 13.5. The summed E-state index contributed by atoms with van der Waals surface area (Å²) in [4.78, 5) is 41.1. The first-order valence-corrected chi connectivity index (χ1v) is 14.1. The van der Waals surface area contributed by atoms with E-state index >= 15 is 0 Å². The highest BCUT2D eigenvalue weighted by atomic mass is 16.2. The number of ketones is 1. The number of likely N-dealkylation sites (tertiary alicyclic amines) is 1. The Bertz CT molecular complexity index is 958. The Kier molecular flexibility index (Phi) is 10.9. The number of rotatable bonds is 13. The number of piperidine rings is 1. The van der Waals surface area contributed by atoms with Crippen LogP contribution in [-0.2, 0) is 27.2 Å². The molecule has 5 heteroatoms. The Labute approximate surface area is 223 Å². The third-order valence-electron chi connectivity index (χ3n) is 7.83. The molecule has 0 bridgehead atoms. The molecule has 1 saturated heterocycles. The van der Waals surface area contributed by atoms with E-state index in [9.17, 15) is 14.4 Å². The molecule has 2 aromatic carbocycles. The van der Waals surface area contributed by atoms with Crippen molar-refractivity contribution in [2.24, 2.45) is 5.41 Å². The molecular weight excluding hydrogens is 460 g/mol. The minimum absolute atomic E-state index is 0.0431.